The summed E-state index contributed by atoms with van der Waals surface area (Å²) in [6.45, 7) is 1.03. The van der Waals surface area contributed by atoms with Gasteiger partial charge in [-0.1, -0.05) is 23.2 Å². The first-order valence-corrected chi connectivity index (χ1v) is 11.0. The molecular weight excluding hydrogens is 515 g/mol. The van der Waals surface area contributed by atoms with Gasteiger partial charge < -0.3 is 20.5 Å². The third-order valence-electron chi connectivity index (χ3n) is 5.65. The fraction of sp³-hybridized carbons (Fsp3) is 0.300. The van der Waals surface area contributed by atoms with Crippen LogP contribution in [0.1, 0.15) is 12.8 Å². The number of rotatable bonds is 3. The highest BCUT2D eigenvalue weighted by Crippen LogP contribution is 2.57. The van der Waals surface area contributed by atoms with Crippen LogP contribution >= 0.6 is 39.1 Å². The van der Waals surface area contributed by atoms with Crippen molar-refractivity contribution in [3.63, 3.8) is 0 Å². The quantitative estimate of drug-likeness (QED) is 0.361. The van der Waals surface area contributed by atoms with Crippen LogP contribution in [0.3, 0.4) is 0 Å². The zero-order chi connectivity index (χ0) is 22.0. The molecule has 0 atom stereocenters. The van der Waals surface area contributed by atoms with Gasteiger partial charge in [0.15, 0.2) is 0 Å². The number of carbonyl (C=O) groups excluding carboxylic acids is 1. The largest absolute Gasteiger partial charge is 0.358 e. The number of aromatic nitrogens is 2. The van der Waals surface area contributed by atoms with Gasteiger partial charge in [0.05, 0.1) is 28.1 Å². The van der Waals surface area contributed by atoms with Crippen LogP contribution in [0.25, 0.3) is 10.9 Å². The van der Waals surface area contributed by atoms with E-state index in [0.29, 0.717) is 40.3 Å². The average molecular weight is 531 g/mol. The molecule has 2 amide bonds. The standard InChI is InChI=1S/C20H16BrCl2F2N5O/c21-13-2-10(22)1-12-15(5-26-16(12)13)29-18(31)28-11-3-14(23)17(27-4-11)30-8-19(9-30)6-20(24,25)7-19/h1-5,26H,6-9H2,(H2,28,29,31). The number of hydrogen-bond donors (Lipinski definition) is 3. The van der Waals surface area contributed by atoms with Crippen molar-refractivity contribution in [3.05, 3.63) is 45.1 Å². The number of aromatic amines is 1. The van der Waals surface area contributed by atoms with Crippen LogP contribution in [0, 0.1) is 5.41 Å². The fourth-order valence-electron chi connectivity index (χ4n) is 4.46. The molecule has 1 spiro atoms. The molecule has 2 fully saturated rings. The Balaban J connectivity index is 1.24. The molecule has 1 aliphatic heterocycles. The molecule has 5 rings (SSSR count). The molecule has 162 valence electrons. The monoisotopic (exact) mass is 529 g/mol. The van der Waals surface area contributed by atoms with E-state index < -0.39 is 12.0 Å². The van der Waals surface area contributed by atoms with Gasteiger partial charge in [0.2, 0.25) is 5.92 Å². The van der Waals surface area contributed by atoms with Gasteiger partial charge in [-0.3, -0.25) is 0 Å². The van der Waals surface area contributed by atoms with E-state index in [9.17, 15) is 13.6 Å². The SMILES string of the molecule is O=C(Nc1cnc(N2CC3(C2)CC(F)(F)C3)c(Cl)c1)Nc1c[nH]c2c(Br)cc(Cl)cc12. The number of nitrogens with zero attached hydrogens (tertiary/aromatic N) is 2. The maximum Gasteiger partial charge on any atom is 0.323 e. The van der Waals surface area contributed by atoms with E-state index in [-0.39, 0.29) is 18.3 Å². The molecule has 3 aromatic rings. The summed E-state index contributed by atoms with van der Waals surface area (Å²) in [5, 5.41) is 7.10. The molecule has 11 heteroatoms. The van der Waals surface area contributed by atoms with Gasteiger partial charge in [0.25, 0.3) is 0 Å². The molecule has 3 N–H and O–H groups in total. The lowest BCUT2D eigenvalue weighted by molar-refractivity contribution is -0.170. The molecule has 2 aromatic heterocycles. The predicted molar refractivity (Wildman–Crippen MR) is 122 cm³/mol. The molecule has 31 heavy (non-hydrogen) atoms. The minimum atomic E-state index is -2.54. The van der Waals surface area contributed by atoms with Crippen LogP contribution in [-0.2, 0) is 0 Å². The Morgan fingerprint density at radius 3 is 2.61 bits per heavy atom. The zero-order valence-corrected chi connectivity index (χ0v) is 19.0. The number of halogens is 5. The molecule has 0 radical (unpaired) electrons. The third-order valence-corrected chi connectivity index (χ3v) is 6.77. The van der Waals surface area contributed by atoms with Crippen LogP contribution in [0.4, 0.5) is 30.8 Å². The summed E-state index contributed by atoms with van der Waals surface area (Å²) in [6, 6.07) is 4.63. The lowest BCUT2D eigenvalue weighted by Crippen LogP contribution is -2.66. The number of anilines is 3. The van der Waals surface area contributed by atoms with Gasteiger partial charge in [-0.2, -0.15) is 0 Å². The van der Waals surface area contributed by atoms with Crippen molar-refractivity contribution in [1.82, 2.24) is 9.97 Å². The lowest BCUT2D eigenvalue weighted by Gasteiger charge is -2.59. The Labute approximate surface area is 194 Å². The van der Waals surface area contributed by atoms with Crippen LogP contribution in [-0.4, -0.2) is 35.0 Å². The minimum absolute atomic E-state index is 0.0798. The first-order valence-electron chi connectivity index (χ1n) is 9.46. The summed E-state index contributed by atoms with van der Waals surface area (Å²) < 4.78 is 27.1. The molecule has 1 saturated carbocycles. The predicted octanol–water partition coefficient (Wildman–Crippen LogP) is 6.51. The molecule has 0 bridgehead atoms. The first kappa shape index (κ1) is 20.8. The Hall–Kier alpha value is -2.10. The summed E-state index contributed by atoms with van der Waals surface area (Å²) in [4.78, 5) is 21.7. The Kier molecular flexibility index (Phi) is 4.84. The molecular formula is C20H16BrCl2F2N5O. The Morgan fingerprint density at radius 1 is 1.19 bits per heavy atom. The second-order valence-electron chi connectivity index (χ2n) is 8.19. The van der Waals surface area contributed by atoms with Crippen LogP contribution in [0.5, 0.6) is 0 Å². The van der Waals surface area contributed by atoms with Gasteiger partial charge in [-0.15, -0.1) is 0 Å². The maximum absolute atomic E-state index is 13.2. The Morgan fingerprint density at radius 2 is 1.94 bits per heavy atom. The first-order chi connectivity index (χ1) is 14.6. The van der Waals surface area contributed by atoms with E-state index in [1.807, 2.05) is 4.90 Å². The molecule has 1 aromatic carbocycles. The number of fused-ring (bicyclic) bond motifs is 1. The number of pyridine rings is 1. The van der Waals surface area contributed by atoms with E-state index in [2.05, 4.69) is 36.5 Å². The number of H-pyrrole nitrogens is 1. The van der Waals surface area contributed by atoms with Crippen molar-refractivity contribution >= 4 is 73.3 Å². The van der Waals surface area contributed by atoms with Gasteiger partial charge in [0, 0.05) is 52.4 Å². The van der Waals surface area contributed by atoms with E-state index in [0.717, 1.165) is 15.4 Å². The topological polar surface area (TPSA) is 73.1 Å². The van der Waals surface area contributed by atoms with Crippen LogP contribution in [0.15, 0.2) is 35.1 Å². The summed E-state index contributed by atoms with van der Waals surface area (Å²) >= 11 is 15.9. The number of amides is 2. The van der Waals surface area contributed by atoms with Gasteiger partial charge in [-0.05, 0) is 34.1 Å². The van der Waals surface area contributed by atoms with Gasteiger partial charge >= 0.3 is 6.03 Å². The molecule has 2 aliphatic rings. The highest BCUT2D eigenvalue weighted by Gasteiger charge is 2.62. The van der Waals surface area contributed by atoms with Crippen molar-refractivity contribution in [2.24, 2.45) is 5.41 Å². The van der Waals surface area contributed by atoms with E-state index >= 15 is 0 Å². The van der Waals surface area contributed by atoms with Gasteiger partial charge in [0.1, 0.15) is 5.82 Å². The number of benzene rings is 1. The third kappa shape index (κ3) is 3.83. The summed E-state index contributed by atoms with van der Waals surface area (Å²) in [7, 11) is 0. The molecule has 0 unspecified atom stereocenters. The van der Waals surface area contributed by atoms with Crippen LogP contribution < -0.4 is 15.5 Å². The second-order valence-corrected chi connectivity index (χ2v) is 9.88. The van der Waals surface area contributed by atoms with Crippen molar-refractivity contribution in [1.29, 1.82) is 0 Å². The maximum atomic E-state index is 13.2. The zero-order valence-electron chi connectivity index (χ0n) is 15.9. The average Bonchev–Trinajstić information content (AvgIpc) is 3.00. The number of carbonyl (C=O) groups is 1. The lowest BCUT2D eigenvalue weighted by atomic mass is 9.61. The fourth-order valence-corrected chi connectivity index (χ4v) is 5.67. The molecule has 1 saturated heterocycles. The number of alkyl halides is 2. The highest BCUT2D eigenvalue weighted by molar-refractivity contribution is 9.10. The summed E-state index contributed by atoms with van der Waals surface area (Å²) in [5.41, 5.74) is 1.47. The number of urea groups is 1. The second kappa shape index (κ2) is 7.21. The van der Waals surface area contributed by atoms with Crippen molar-refractivity contribution < 1.29 is 13.6 Å². The van der Waals surface area contributed by atoms with Crippen molar-refractivity contribution in [2.75, 3.05) is 28.6 Å². The highest BCUT2D eigenvalue weighted by atomic mass is 79.9. The minimum Gasteiger partial charge on any atom is -0.358 e. The molecule has 6 nitrogen and oxygen atoms in total. The van der Waals surface area contributed by atoms with Gasteiger partial charge in [-0.25, -0.2) is 18.6 Å². The van der Waals surface area contributed by atoms with E-state index in [1.54, 1.807) is 24.4 Å². The van der Waals surface area contributed by atoms with E-state index in [4.69, 9.17) is 23.2 Å². The Bertz CT molecular complexity index is 1200. The summed E-state index contributed by atoms with van der Waals surface area (Å²) in [6.07, 6.45) is 3.00. The molecule has 3 heterocycles. The number of hydrogen-bond acceptors (Lipinski definition) is 3. The smallest absolute Gasteiger partial charge is 0.323 e. The van der Waals surface area contributed by atoms with Crippen molar-refractivity contribution in [3.8, 4) is 0 Å². The summed E-state index contributed by atoms with van der Waals surface area (Å²) in [5.74, 6) is -2.01. The normalized spacial score (nSPS) is 18.5. The van der Waals surface area contributed by atoms with E-state index in [1.165, 1.54) is 6.20 Å². The van der Waals surface area contributed by atoms with Crippen molar-refractivity contribution in [2.45, 2.75) is 18.8 Å². The molecule has 1 aliphatic carbocycles. The number of nitrogens with one attached hydrogen (secondary N) is 3. The van der Waals surface area contributed by atoms with Crippen LogP contribution in [0.2, 0.25) is 10.0 Å².